The maximum absolute atomic E-state index is 15.0. The molecule has 1 saturated heterocycles. The number of amides is 1. The molecule has 1 N–H and O–H groups in total. The van der Waals surface area contributed by atoms with E-state index in [1.165, 1.54) is 37.4 Å². The highest BCUT2D eigenvalue weighted by atomic mass is 35.5. The number of halogens is 2. The van der Waals surface area contributed by atoms with E-state index in [0.29, 0.717) is 16.3 Å². The van der Waals surface area contributed by atoms with Gasteiger partial charge in [0.15, 0.2) is 5.13 Å². The van der Waals surface area contributed by atoms with Gasteiger partial charge in [0.2, 0.25) is 0 Å². The van der Waals surface area contributed by atoms with Gasteiger partial charge in [-0.05, 0) is 48.5 Å². The van der Waals surface area contributed by atoms with Gasteiger partial charge in [0.1, 0.15) is 23.4 Å². The van der Waals surface area contributed by atoms with E-state index in [0.717, 1.165) is 20.9 Å². The van der Waals surface area contributed by atoms with Crippen LogP contribution in [-0.2, 0) is 9.59 Å². The minimum absolute atomic E-state index is 0.0639. The lowest BCUT2D eigenvalue weighted by atomic mass is 9.95. The number of Topliss-reactive ketones (excluding diaryl/α,β-unsaturated/α-hetero) is 1. The van der Waals surface area contributed by atoms with E-state index >= 15 is 0 Å². The van der Waals surface area contributed by atoms with Gasteiger partial charge in [-0.15, -0.1) is 0 Å². The Morgan fingerprint density at radius 3 is 2.56 bits per heavy atom. The van der Waals surface area contributed by atoms with Crippen molar-refractivity contribution >= 4 is 55.7 Å². The van der Waals surface area contributed by atoms with Gasteiger partial charge in [-0.25, -0.2) is 9.37 Å². The second kappa shape index (κ2) is 8.55. The third-order valence-electron chi connectivity index (χ3n) is 5.55. The highest BCUT2D eigenvalue weighted by Crippen LogP contribution is 2.45. The van der Waals surface area contributed by atoms with Crippen LogP contribution in [0.4, 0.5) is 9.52 Å². The number of hydrogen-bond acceptors (Lipinski definition) is 6. The van der Waals surface area contributed by atoms with Crippen LogP contribution in [0.2, 0.25) is 5.02 Å². The van der Waals surface area contributed by atoms with E-state index < -0.39 is 29.3 Å². The number of ketones is 1. The summed E-state index contributed by atoms with van der Waals surface area (Å²) in [6.45, 7) is 0. The molecule has 34 heavy (non-hydrogen) atoms. The topological polar surface area (TPSA) is 79.7 Å². The lowest BCUT2D eigenvalue weighted by molar-refractivity contribution is -0.132. The van der Waals surface area contributed by atoms with Crippen LogP contribution in [0, 0.1) is 5.82 Å². The number of anilines is 1. The Balaban J connectivity index is 1.73. The highest BCUT2D eigenvalue weighted by Gasteiger charge is 2.49. The van der Waals surface area contributed by atoms with Crippen molar-refractivity contribution in [2.45, 2.75) is 6.04 Å². The number of carbonyl (C=O) groups excluding carboxylic acids is 2. The predicted octanol–water partition coefficient (Wildman–Crippen LogP) is 5.72. The molecule has 1 fully saturated rings. The molecule has 0 unspecified atom stereocenters. The molecule has 0 radical (unpaired) electrons. The quantitative estimate of drug-likeness (QED) is 0.223. The van der Waals surface area contributed by atoms with Crippen molar-refractivity contribution in [1.29, 1.82) is 0 Å². The number of aliphatic hydroxyl groups excluding tert-OH is 1. The third kappa shape index (κ3) is 3.61. The molecule has 4 aromatic rings. The van der Waals surface area contributed by atoms with Crippen LogP contribution in [-0.4, -0.2) is 28.9 Å². The fourth-order valence-electron chi connectivity index (χ4n) is 3.91. The zero-order valence-electron chi connectivity index (χ0n) is 17.7. The first-order valence-corrected chi connectivity index (χ1v) is 11.3. The fraction of sp³-hybridized carbons (Fsp3) is 0.0800. The lowest BCUT2D eigenvalue weighted by Gasteiger charge is -2.23. The molecular formula is C25H16ClFN2O4S. The maximum Gasteiger partial charge on any atom is 0.301 e. The molecule has 6 nitrogen and oxygen atoms in total. The number of aromatic nitrogens is 1. The van der Waals surface area contributed by atoms with Crippen LogP contribution < -0.4 is 9.64 Å². The van der Waals surface area contributed by atoms with Gasteiger partial charge in [0.05, 0.1) is 22.9 Å². The number of benzene rings is 3. The van der Waals surface area contributed by atoms with Crippen LogP contribution in [0.25, 0.3) is 16.0 Å². The monoisotopic (exact) mass is 494 g/mol. The molecular weight excluding hydrogens is 479 g/mol. The summed E-state index contributed by atoms with van der Waals surface area (Å²) in [6, 6.07) is 16.0. The first-order valence-electron chi connectivity index (χ1n) is 10.1. The summed E-state index contributed by atoms with van der Waals surface area (Å²) in [6.07, 6.45) is 0. The number of ether oxygens (including phenoxy) is 1. The number of thiazole rings is 1. The van der Waals surface area contributed by atoms with Crippen LogP contribution in [0.3, 0.4) is 0 Å². The Labute approximate surface area is 202 Å². The van der Waals surface area contributed by atoms with Gasteiger partial charge in [-0.2, -0.15) is 0 Å². The third-order valence-corrected chi connectivity index (χ3v) is 6.82. The molecule has 1 aliphatic heterocycles. The second-order valence-electron chi connectivity index (χ2n) is 7.53. The zero-order chi connectivity index (χ0) is 24.0. The smallest absolute Gasteiger partial charge is 0.301 e. The number of fused-ring (bicyclic) bond motifs is 1. The number of aliphatic hydroxyl groups is 1. The van der Waals surface area contributed by atoms with Crippen molar-refractivity contribution in [3.63, 3.8) is 0 Å². The van der Waals surface area contributed by atoms with Crippen LogP contribution in [0.15, 0.2) is 72.3 Å². The molecule has 0 aliphatic carbocycles. The molecule has 1 aromatic heterocycles. The van der Waals surface area contributed by atoms with Gasteiger partial charge >= 0.3 is 5.91 Å². The van der Waals surface area contributed by atoms with Gasteiger partial charge in [-0.1, -0.05) is 41.1 Å². The number of methoxy groups -OCH3 is 1. The van der Waals surface area contributed by atoms with Crippen molar-refractivity contribution in [3.05, 3.63) is 94.3 Å². The molecule has 1 atom stereocenters. The van der Waals surface area contributed by atoms with Gasteiger partial charge < -0.3 is 9.84 Å². The van der Waals surface area contributed by atoms with Crippen molar-refractivity contribution in [1.82, 2.24) is 4.98 Å². The number of hydrogen-bond donors (Lipinski definition) is 1. The molecule has 170 valence electrons. The summed E-state index contributed by atoms with van der Waals surface area (Å²) in [5, 5.41) is 11.7. The van der Waals surface area contributed by atoms with Crippen molar-refractivity contribution < 1.29 is 23.8 Å². The van der Waals surface area contributed by atoms with Crippen molar-refractivity contribution in [2.24, 2.45) is 0 Å². The average molecular weight is 495 g/mol. The molecule has 2 heterocycles. The molecule has 3 aromatic carbocycles. The molecule has 0 saturated carbocycles. The van der Waals surface area contributed by atoms with Crippen LogP contribution in [0.1, 0.15) is 17.2 Å². The summed E-state index contributed by atoms with van der Waals surface area (Å²) < 4.78 is 21.0. The predicted molar refractivity (Wildman–Crippen MR) is 129 cm³/mol. The van der Waals surface area contributed by atoms with E-state index in [9.17, 15) is 19.1 Å². The standard InChI is InChI=1S/C25H16ClFN2O4S/c1-33-15-10-11-18-19(12-15)34-25(28-18)29-21(16-4-2-3-5-17(16)27)20(23(31)24(29)32)22(30)13-6-8-14(26)9-7-13/h2-12,21,30H,1H3/t21-/m0/s1. The molecule has 5 rings (SSSR count). The average Bonchev–Trinajstić information content (AvgIpc) is 3.37. The molecule has 0 bridgehead atoms. The second-order valence-corrected chi connectivity index (χ2v) is 8.97. The van der Waals surface area contributed by atoms with E-state index in [1.807, 2.05) is 0 Å². The number of nitrogens with zero attached hydrogens (tertiary/aromatic N) is 2. The SMILES string of the molecule is COc1ccc2nc(N3C(=O)C(=O)C(=C(O)c4ccc(Cl)cc4)[C@@H]3c3ccccc3F)sc2c1. The van der Waals surface area contributed by atoms with Gasteiger partial charge in [0, 0.05) is 16.1 Å². The fourth-order valence-corrected chi connectivity index (χ4v) is 5.05. The maximum atomic E-state index is 15.0. The Morgan fingerprint density at radius 1 is 1.12 bits per heavy atom. The molecule has 1 amide bonds. The Kier molecular flexibility index (Phi) is 5.55. The minimum Gasteiger partial charge on any atom is -0.507 e. The van der Waals surface area contributed by atoms with E-state index in [2.05, 4.69) is 4.98 Å². The Bertz CT molecular complexity index is 1480. The van der Waals surface area contributed by atoms with E-state index in [-0.39, 0.29) is 21.8 Å². The van der Waals surface area contributed by atoms with Crippen molar-refractivity contribution in [2.75, 3.05) is 12.0 Å². The van der Waals surface area contributed by atoms with Crippen molar-refractivity contribution in [3.8, 4) is 5.75 Å². The molecule has 9 heteroatoms. The van der Waals surface area contributed by atoms with Gasteiger partial charge in [0.25, 0.3) is 5.78 Å². The summed E-state index contributed by atoms with van der Waals surface area (Å²) >= 11 is 7.11. The first-order chi connectivity index (χ1) is 16.4. The molecule has 0 spiro atoms. The Hall–Kier alpha value is -3.75. The van der Waals surface area contributed by atoms with Crippen LogP contribution in [0.5, 0.6) is 5.75 Å². The normalized spacial score (nSPS) is 17.5. The highest BCUT2D eigenvalue weighted by molar-refractivity contribution is 7.22. The van der Waals surface area contributed by atoms with E-state index in [1.54, 1.807) is 36.4 Å². The molecule has 1 aliphatic rings. The summed E-state index contributed by atoms with van der Waals surface area (Å²) in [7, 11) is 1.54. The Morgan fingerprint density at radius 2 is 1.85 bits per heavy atom. The van der Waals surface area contributed by atoms with E-state index in [4.69, 9.17) is 16.3 Å². The lowest BCUT2D eigenvalue weighted by Crippen LogP contribution is -2.29. The largest absolute Gasteiger partial charge is 0.507 e. The first kappa shape index (κ1) is 22.1. The minimum atomic E-state index is -1.21. The zero-order valence-corrected chi connectivity index (χ0v) is 19.2. The van der Waals surface area contributed by atoms with Gasteiger partial charge in [-0.3, -0.25) is 14.5 Å². The van der Waals surface area contributed by atoms with Crippen LogP contribution >= 0.6 is 22.9 Å². The number of carbonyl (C=O) groups is 2. The summed E-state index contributed by atoms with van der Waals surface area (Å²) in [5.41, 5.74) is 0.703. The summed E-state index contributed by atoms with van der Waals surface area (Å²) in [4.78, 5) is 32.1. The summed E-state index contributed by atoms with van der Waals surface area (Å²) in [5.74, 6) is -2.27. The number of rotatable bonds is 4.